The Balaban J connectivity index is 2.27. The molecule has 84 valence electrons. The van der Waals surface area contributed by atoms with Crippen molar-refractivity contribution >= 4 is 29.2 Å². The van der Waals surface area contributed by atoms with Crippen LogP contribution in [0.4, 0.5) is 14.9 Å². The van der Waals surface area contributed by atoms with Crippen molar-refractivity contribution in [2.45, 2.75) is 6.42 Å². The van der Waals surface area contributed by atoms with E-state index < -0.39 is 11.8 Å². The van der Waals surface area contributed by atoms with Gasteiger partial charge in [0.05, 0.1) is 5.02 Å². The molecule has 0 aliphatic carbocycles. The fourth-order valence-corrected chi connectivity index (χ4v) is 1.64. The van der Waals surface area contributed by atoms with Crippen LogP contribution in [0.15, 0.2) is 18.2 Å². The lowest BCUT2D eigenvalue weighted by atomic mass is 10.2. The lowest BCUT2D eigenvalue weighted by Crippen LogP contribution is -2.49. The second-order valence-corrected chi connectivity index (χ2v) is 3.76. The van der Waals surface area contributed by atoms with Crippen molar-refractivity contribution in [3.63, 3.8) is 0 Å². The molecule has 4 nitrogen and oxygen atoms in total. The molecule has 0 radical (unpaired) electrons. The summed E-state index contributed by atoms with van der Waals surface area (Å²) in [7, 11) is 0. The number of urea groups is 1. The molecule has 1 N–H and O–H groups in total. The zero-order valence-corrected chi connectivity index (χ0v) is 8.92. The van der Waals surface area contributed by atoms with Crippen molar-refractivity contribution < 1.29 is 14.0 Å². The van der Waals surface area contributed by atoms with Crippen molar-refractivity contribution in [1.29, 1.82) is 0 Å². The lowest BCUT2D eigenvalue weighted by Gasteiger charge is -2.26. The summed E-state index contributed by atoms with van der Waals surface area (Å²) < 4.78 is 12.9. The van der Waals surface area contributed by atoms with Gasteiger partial charge in [0.15, 0.2) is 0 Å². The van der Waals surface area contributed by atoms with Gasteiger partial charge in [-0.3, -0.25) is 15.0 Å². The zero-order valence-electron chi connectivity index (χ0n) is 8.17. The van der Waals surface area contributed by atoms with Crippen LogP contribution in [-0.2, 0) is 4.79 Å². The highest BCUT2D eigenvalue weighted by Gasteiger charge is 2.24. The number of rotatable bonds is 1. The van der Waals surface area contributed by atoms with Crippen LogP contribution in [0.2, 0.25) is 5.02 Å². The van der Waals surface area contributed by atoms with Gasteiger partial charge < -0.3 is 0 Å². The Kier molecular flexibility index (Phi) is 2.78. The molecule has 1 heterocycles. The summed E-state index contributed by atoms with van der Waals surface area (Å²) in [5, 5.41) is 2.12. The minimum Gasteiger partial charge on any atom is -0.294 e. The first-order valence-electron chi connectivity index (χ1n) is 4.64. The summed E-state index contributed by atoms with van der Waals surface area (Å²) in [6.45, 7) is 0.270. The second-order valence-electron chi connectivity index (χ2n) is 3.35. The van der Waals surface area contributed by atoms with E-state index in [4.69, 9.17) is 11.6 Å². The van der Waals surface area contributed by atoms with Crippen LogP contribution in [0.1, 0.15) is 6.42 Å². The van der Waals surface area contributed by atoms with Gasteiger partial charge >= 0.3 is 6.03 Å². The molecule has 1 saturated heterocycles. The molecule has 3 amide bonds. The number of carbonyl (C=O) groups excluding carboxylic acids is 2. The average molecular weight is 243 g/mol. The summed E-state index contributed by atoms with van der Waals surface area (Å²) in [5.74, 6) is -0.853. The van der Waals surface area contributed by atoms with Gasteiger partial charge in [-0.25, -0.2) is 9.18 Å². The van der Waals surface area contributed by atoms with E-state index in [1.807, 2.05) is 0 Å². The van der Waals surface area contributed by atoms with Gasteiger partial charge in [-0.1, -0.05) is 11.6 Å². The van der Waals surface area contributed by atoms with Crippen LogP contribution < -0.4 is 10.2 Å². The molecule has 2 rings (SSSR count). The Morgan fingerprint density at radius 3 is 2.75 bits per heavy atom. The van der Waals surface area contributed by atoms with Gasteiger partial charge in [0.2, 0.25) is 5.91 Å². The number of imide groups is 1. The third-order valence-corrected chi connectivity index (χ3v) is 2.56. The smallest absolute Gasteiger partial charge is 0.294 e. The largest absolute Gasteiger partial charge is 0.328 e. The Morgan fingerprint density at radius 1 is 1.38 bits per heavy atom. The molecule has 6 heteroatoms. The maximum atomic E-state index is 12.9. The first-order chi connectivity index (χ1) is 7.58. The number of carbonyl (C=O) groups is 2. The molecule has 16 heavy (non-hydrogen) atoms. The normalized spacial score (nSPS) is 16.2. The zero-order chi connectivity index (χ0) is 11.7. The van der Waals surface area contributed by atoms with E-state index in [1.54, 1.807) is 0 Å². The first-order valence-corrected chi connectivity index (χ1v) is 5.02. The van der Waals surface area contributed by atoms with Gasteiger partial charge in [-0.05, 0) is 18.2 Å². The number of anilines is 1. The van der Waals surface area contributed by atoms with Gasteiger partial charge in [-0.2, -0.15) is 0 Å². The van der Waals surface area contributed by atoms with E-state index in [1.165, 1.54) is 23.1 Å². The van der Waals surface area contributed by atoms with Crippen LogP contribution in [-0.4, -0.2) is 18.5 Å². The number of hydrogen-bond acceptors (Lipinski definition) is 2. The number of hydrogen-bond donors (Lipinski definition) is 1. The maximum absolute atomic E-state index is 12.9. The van der Waals surface area contributed by atoms with E-state index >= 15 is 0 Å². The van der Waals surface area contributed by atoms with Crippen LogP contribution in [0.25, 0.3) is 0 Å². The summed E-state index contributed by atoms with van der Waals surface area (Å²) >= 11 is 5.61. The Bertz CT molecular complexity index is 464. The third kappa shape index (κ3) is 1.99. The molecule has 1 aliphatic rings. The predicted octanol–water partition coefficient (Wildman–Crippen LogP) is 1.93. The lowest BCUT2D eigenvalue weighted by molar-refractivity contribution is -0.120. The average Bonchev–Trinajstić information content (AvgIpc) is 2.22. The van der Waals surface area contributed by atoms with E-state index in [0.717, 1.165) is 0 Å². The maximum Gasteiger partial charge on any atom is 0.328 e. The molecule has 1 aromatic carbocycles. The van der Waals surface area contributed by atoms with Crippen molar-refractivity contribution in [1.82, 2.24) is 5.32 Å². The second kappa shape index (κ2) is 4.09. The Morgan fingerprint density at radius 2 is 2.12 bits per heavy atom. The van der Waals surface area contributed by atoms with E-state index in [2.05, 4.69) is 5.32 Å². The van der Waals surface area contributed by atoms with Crippen molar-refractivity contribution in [3.8, 4) is 0 Å². The predicted molar refractivity (Wildman–Crippen MR) is 56.9 cm³/mol. The molecule has 1 fully saturated rings. The Hall–Kier alpha value is -1.62. The van der Waals surface area contributed by atoms with Crippen LogP contribution >= 0.6 is 11.6 Å². The van der Waals surface area contributed by atoms with Crippen molar-refractivity contribution in [2.75, 3.05) is 11.4 Å². The Labute approximate surface area is 96.0 Å². The molecule has 0 bridgehead atoms. The third-order valence-electron chi connectivity index (χ3n) is 2.27. The molecule has 0 unspecified atom stereocenters. The van der Waals surface area contributed by atoms with Crippen LogP contribution in [0.5, 0.6) is 0 Å². The number of amides is 3. The highest BCUT2D eigenvalue weighted by Crippen LogP contribution is 2.23. The minimum absolute atomic E-state index is 0.0535. The molecule has 0 saturated carbocycles. The topological polar surface area (TPSA) is 49.4 Å². The summed E-state index contributed by atoms with van der Waals surface area (Å²) in [6, 6.07) is 3.46. The minimum atomic E-state index is -0.543. The first kappa shape index (κ1) is 10.9. The summed E-state index contributed by atoms with van der Waals surface area (Å²) in [4.78, 5) is 23.7. The van der Waals surface area contributed by atoms with Gasteiger partial charge in [-0.15, -0.1) is 0 Å². The highest BCUT2D eigenvalue weighted by molar-refractivity contribution is 6.31. The molecule has 0 spiro atoms. The molecular formula is C10H8ClFN2O2. The highest BCUT2D eigenvalue weighted by atomic mass is 35.5. The molecular weight excluding hydrogens is 235 g/mol. The fraction of sp³-hybridized carbons (Fsp3) is 0.200. The summed E-state index contributed by atoms with van der Waals surface area (Å²) in [5.41, 5.74) is 0.469. The standard InChI is InChI=1S/C10H8ClFN2O2/c11-7-5-6(1-2-8(7)12)14-4-3-9(15)13-10(14)16/h1-2,5H,3-4H2,(H,13,15,16). The summed E-state index contributed by atoms with van der Waals surface area (Å²) in [6.07, 6.45) is 0.223. The SMILES string of the molecule is O=C1CCN(c2ccc(F)c(Cl)c2)C(=O)N1. The number of nitrogens with one attached hydrogen (secondary N) is 1. The van der Waals surface area contributed by atoms with E-state index in [0.29, 0.717) is 5.69 Å². The van der Waals surface area contributed by atoms with Gasteiger partial charge in [0, 0.05) is 18.7 Å². The van der Waals surface area contributed by atoms with Gasteiger partial charge in [0.25, 0.3) is 0 Å². The van der Waals surface area contributed by atoms with Gasteiger partial charge in [0.1, 0.15) is 5.82 Å². The molecule has 0 atom stereocenters. The number of halogens is 2. The van der Waals surface area contributed by atoms with Crippen LogP contribution in [0, 0.1) is 5.82 Å². The van der Waals surface area contributed by atoms with E-state index in [-0.39, 0.29) is 23.9 Å². The quantitative estimate of drug-likeness (QED) is 0.818. The van der Waals surface area contributed by atoms with E-state index in [9.17, 15) is 14.0 Å². The van der Waals surface area contributed by atoms with Crippen molar-refractivity contribution in [2.24, 2.45) is 0 Å². The molecule has 0 aromatic heterocycles. The fourth-order valence-electron chi connectivity index (χ4n) is 1.46. The van der Waals surface area contributed by atoms with Crippen molar-refractivity contribution in [3.05, 3.63) is 29.0 Å². The number of nitrogens with zero attached hydrogens (tertiary/aromatic N) is 1. The molecule has 1 aromatic rings. The molecule has 1 aliphatic heterocycles. The monoisotopic (exact) mass is 242 g/mol. The number of benzene rings is 1. The van der Waals surface area contributed by atoms with Crippen LogP contribution in [0.3, 0.4) is 0 Å².